The molecular formula is C10H15N3O. The third-order valence-electron chi connectivity index (χ3n) is 2.78. The largest absolute Gasteiger partial charge is 0.491 e. The minimum atomic E-state index is 0.196. The molecule has 14 heavy (non-hydrogen) atoms. The van der Waals surface area contributed by atoms with Gasteiger partial charge in [-0.15, -0.1) is 0 Å². The molecule has 1 N–H and O–H groups in total. The zero-order valence-electron chi connectivity index (χ0n) is 8.58. The summed E-state index contributed by atoms with van der Waals surface area (Å²) in [6, 6.07) is 0. The molecule has 1 aromatic heterocycles. The van der Waals surface area contributed by atoms with Crippen molar-refractivity contribution >= 4 is 5.82 Å². The number of rotatable bonds is 3. The summed E-state index contributed by atoms with van der Waals surface area (Å²) in [6.07, 6.45) is 6.89. The van der Waals surface area contributed by atoms with Gasteiger partial charge >= 0.3 is 0 Å². The van der Waals surface area contributed by atoms with Gasteiger partial charge in [0.05, 0.1) is 13.3 Å². The highest BCUT2D eigenvalue weighted by Gasteiger charge is 2.32. The molecule has 0 atom stereocenters. The van der Waals surface area contributed by atoms with Crippen molar-refractivity contribution in [2.75, 3.05) is 12.4 Å². The molecule has 1 aromatic rings. The number of nitrogens with one attached hydrogen (secondary N) is 1. The standard InChI is InChI=1S/C10H15N3O/c1-10(4-3-5-10)13-9-8(14-2)6-11-7-12-9/h6-7H,3-5H2,1-2H3,(H,11,12,13). The van der Waals surface area contributed by atoms with Crippen LogP contribution in [0.3, 0.4) is 0 Å². The van der Waals surface area contributed by atoms with Crippen LogP contribution < -0.4 is 10.1 Å². The van der Waals surface area contributed by atoms with Crippen molar-refractivity contribution < 1.29 is 4.74 Å². The zero-order chi connectivity index (χ0) is 10.0. The first kappa shape index (κ1) is 9.24. The van der Waals surface area contributed by atoms with E-state index in [0.717, 1.165) is 5.82 Å². The van der Waals surface area contributed by atoms with E-state index in [4.69, 9.17) is 4.74 Å². The fourth-order valence-electron chi connectivity index (χ4n) is 1.68. The van der Waals surface area contributed by atoms with Crippen LogP contribution in [0.1, 0.15) is 26.2 Å². The highest BCUT2D eigenvalue weighted by atomic mass is 16.5. The van der Waals surface area contributed by atoms with Gasteiger partial charge in [0.25, 0.3) is 0 Å². The molecule has 2 rings (SSSR count). The van der Waals surface area contributed by atoms with Gasteiger partial charge in [-0.3, -0.25) is 0 Å². The molecule has 0 amide bonds. The van der Waals surface area contributed by atoms with Gasteiger partial charge in [0, 0.05) is 5.54 Å². The van der Waals surface area contributed by atoms with Crippen LogP contribution in [0.2, 0.25) is 0 Å². The van der Waals surface area contributed by atoms with Crippen LogP contribution in [0, 0.1) is 0 Å². The summed E-state index contributed by atoms with van der Waals surface area (Å²) in [5, 5.41) is 3.40. The minimum absolute atomic E-state index is 0.196. The number of nitrogens with zero attached hydrogens (tertiary/aromatic N) is 2. The van der Waals surface area contributed by atoms with E-state index in [1.165, 1.54) is 25.6 Å². The van der Waals surface area contributed by atoms with Gasteiger partial charge in [0.1, 0.15) is 6.33 Å². The third kappa shape index (κ3) is 1.64. The summed E-state index contributed by atoms with van der Waals surface area (Å²) in [5.41, 5.74) is 0.196. The van der Waals surface area contributed by atoms with Crippen LogP contribution in [0.15, 0.2) is 12.5 Å². The second kappa shape index (κ2) is 3.44. The topological polar surface area (TPSA) is 47.0 Å². The van der Waals surface area contributed by atoms with E-state index in [9.17, 15) is 0 Å². The molecule has 0 bridgehead atoms. The average Bonchev–Trinajstić information content (AvgIpc) is 2.16. The fourth-order valence-corrected chi connectivity index (χ4v) is 1.68. The van der Waals surface area contributed by atoms with Gasteiger partial charge in [-0.05, 0) is 26.2 Å². The van der Waals surface area contributed by atoms with Gasteiger partial charge in [0.15, 0.2) is 11.6 Å². The molecule has 0 unspecified atom stereocenters. The Balaban J connectivity index is 2.15. The van der Waals surface area contributed by atoms with Crippen molar-refractivity contribution in [2.24, 2.45) is 0 Å². The first-order chi connectivity index (χ1) is 6.73. The Labute approximate surface area is 83.7 Å². The highest BCUT2D eigenvalue weighted by Crippen LogP contribution is 2.36. The van der Waals surface area contributed by atoms with E-state index in [1.54, 1.807) is 13.3 Å². The van der Waals surface area contributed by atoms with Gasteiger partial charge in [-0.25, -0.2) is 9.97 Å². The van der Waals surface area contributed by atoms with Crippen molar-refractivity contribution in [3.63, 3.8) is 0 Å². The molecule has 1 heterocycles. The number of aromatic nitrogens is 2. The van der Waals surface area contributed by atoms with Crippen LogP contribution in [0.5, 0.6) is 5.75 Å². The number of hydrogen-bond donors (Lipinski definition) is 1. The van der Waals surface area contributed by atoms with Gasteiger partial charge < -0.3 is 10.1 Å². The summed E-state index contributed by atoms with van der Waals surface area (Å²) in [5.74, 6) is 1.50. The lowest BCUT2D eigenvalue weighted by atomic mass is 9.78. The Hall–Kier alpha value is -1.32. The van der Waals surface area contributed by atoms with E-state index in [1.807, 2.05) is 0 Å². The van der Waals surface area contributed by atoms with E-state index in [2.05, 4.69) is 22.2 Å². The molecule has 0 radical (unpaired) electrons. The molecule has 1 fully saturated rings. The Morgan fingerprint density at radius 2 is 2.29 bits per heavy atom. The average molecular weight is 193 g/mol. The van der Waals surface area contributed by atoms with Crippen molar-refractivity contribution in [3.05, 3.63) is 12.5 Å². The molecule has 0 aliphatic heterocycles. The maximum Gasteiger partial charge on any atom is 0.179 e. The molecule has 0 aromatic carbocycles. The summed E-state index contributed by atoms with van der Waals surface area (Å²) < 4.78 is 5.17. The van der Waals surface area contributed by atoms with Crippen molar-refractivity contribution in [1.29, 1.82) is 0 Å². The van der Waals surface area contributed by atoms with Crippen molar-refractivity contribution in [1.82, 2.24) is 9.97 Å². The summed E-state index contributed by atoms with van der Waals surface area (Å²) in [7, 11) is 1.63. The van der Waals surface area contributed by atoms with Crippen LogP contribution in [0.25, 0.3) is 0 Å². The van der Waals surface area contributed by atoms with Crippen LogP contribution in [0.4, 0.5) is 5.82 Å². The monoisotopic (exact) mass is 193 g/mol. The number of ether oxygens (including phenoxy) is 1. The Bertz CT molecular complexity index is 323. The lowest BCUT2D eigenvalue weighted by Gasteiger charge is -2.39. The highest BCUT2D eigenvalue weighted by molar-refractivity contribution is 5.50. The Morgan fingerprint density at radius 3 is 2.86 bits per heavy atom. The molecule has 76 valence electrons. The second-order valence-corrected chi connectivity index (χ2v) is 3.98. The second-order valence-electron chi connectivity index (χ2n) is 3.98. The van der Waals surface area contributed by atoms with Gasteiger partial charge in [0.2, 0.25) is 0 Å². The van der Waals surface area contributed by atoms with E-state index in [-0.39, 0.29) is 5.54 Å². The van der Waals surface area contributed by atoms with Crippen molar-refractivity contribution in [3.8, 4) is 5.75 Å². The minimum Gasteiger partial charge on any atom is -0.491 e. The number of anilines is 1. The van der Waals surface area contributed by atoms with Crippen LogP contribution in [-0.4, -0.2) is 22.6 Å². The quantitative estimate of drug-likeness (QED) is 0.795. The number of methoxy groups -OCH3 is 1. The first-order valence-electron chi connectivity index (χ1n) is 4.86. The molecule has 1 aliphatic carbocycles. The Kier molecular flexibility index (Phi) is 2.27. The molecule has 4 heteroatoms. The van der Waals surface area contributed by atoms with E-state index in [0.29, 0.717) is 5.75 Å². The van der Waals surface area contributed by atoms with Gasteiger partial charge in [-0.1, -0.05) is 0 Å². The summed E-state index contributed by atoms with van der Waals surface area (Å²) in [4.78, 5) is 8.08. The predicted molar refractivity (Wildman–Crippen MR) is 54.5 cm³/mol. The maximum atomic E-state index is 5.17. The fraction of sp³-hybridized carbons (Fsp3) is 0.600. The third-order valence-corrected chi connectivity index (χ3v) is 2.78. The molecule has 1 saturated carbocycles. The lowest BCUT2D eigenvalue weighted by molar-refractivity contribution is 0.303. The smallest absolute Gasteiger partial charge is 0.179 e. The van der Waals surface area contributed by atoms with E-state index < -0.39 is 0 Å². The number of hydrogen-bond acceptors (Lipinski definition) is 4. The predicted octanol–water partition coefficient (Wildman–Crippen LogP) is 1.84. The molecule has 1 aliphatic rings. The molecule has 0 spiro atoms. The van der Waals surface area contributed by atoms with Crippen LogP contribution in [-0.2, 0) is 0 Å². The normalized spacial score (nSPS) is 18.4. The zero-order valence-corrected chi connectivity index (χ0v) is 8.58. The van der Waals surface area contributed by atoms with Crippen molar-refractivity contribution in [2.45, 2.75) is 31.7 Å². The summed E-state index contributed by atoms with van der Waals surface area (Å²) >= 11 is 0. The molecule has 4 nitrogen and oxygen atoms in total. The van der Waals surface area contributed by atoms with Crippen LogP contribution >= 0.6 is 0 Å². The SMILES string of the molecule is COc1cncnc1NC1(C)CCC1. The van der Waals surface area contributed by atoms with Gasteiger partial charge in [-0.2, -0.15) is 0 Å². The summed E-state index contributed by atoms with van der Waals surface area (Å²) in [6.45, 7) is 2.21. The Morgan fingerprint density at radius 1 is 1.50 bits per heavy atom. The molecular weight excluding hydrogens is 178 g/mol. The van der Waals surface area contributed by atoms with E-state index >= 15 is 0 Å². The molecule has 0 saturated heterocycles. The lowest BCUT2D eigenvalue weighted by Crippen LogP contribution is -2.42. The maximum absolute atomic E-state index is 5.17. The first-order valence-corrected chi connectivity index (χ1v) is 4.86.